The normalized spacial score (nSPS) is 12.3. The summed E-state index contributed by atoms with van der Waals surface area (Å²) in [7, 11) is 0. The molecule has 1 heterocycles. The Morgan fingerprint density at radius 3 is 2.57 bits per heavy atom. The minimum atomic E-state index is -0.357. The molecule has 0 radical (unpaired) electrons. The number of rotatable bonds is 5. The number of hydrogen-bond acceptors (Lipinski definition) is 3. The Kier molecular flexibility index (Phi) is 4.43. The maximum atomic E-state index is 14.1. The summed E-state index contributed by atoms with van der Waals surface area (Å²) < 4.78 is 28.5. The summed E-state index contributed by atoms with van der Waals surface area (Å²) in [5, 5.41) is 7.21. The molecule has 0 aliphatic rings. The summed E-state index contributed by atoms with van der Waals surface area (Å²) in [6, 6.07) is 11.4. The molecule has 2 aromatic carbocycles. The van der Waals surface area contributed by atoms with Crippen LogP contribution in [0, 0.1) is 11.6 Å². The summed E-state index contributed by atoms with van der Waals surface area (Å²) >= 11 is 0. The summed E-state index contributed by atoms with van der Waals surface area (Å²) in [6.07, 6.45) is 2.81. The summed E-state index contributed by atoms with van der Waals surface area (Å²) in [5.74, 6) is -0.615. The second-order valence-corrected chi connectivity index (χ2v) is 5.28. The first-order valence-electron chi connectivity index (χ1n) is 7.26. The quantitative estimate of drug-likeness (QED) is 0.785. The molecule has 23 heavy (non-hydrogen) atoms. The Labute approximate surface area is 132 Å². The third kappa shape index (κ3) is 3.60. The molecule has 0 saturated carbocycles. The Hall–Kier alpha value is -2.60. The van der Waals surface area contributed by atoms with Gasteiger partial charge in [0.05, 0.1) is 0 Å². The highest BCUT2D eigenvalue weighted by molar-refractivity contribution is 5.35. The lowest BCUT2D eigenvalue weighted by Gasteiger charge is -2.15. The molecule has 0 unspecified atom stereocenters. The summed E-state index contributed by atoms with van der Waals surface area (Å²) in [4.78, 5) is 3.81. The largest absolute Gasteiger partial charge is 0.306 e. The molecular formula is C17H16F2N4. The molecule has 0 saturated heterocycles. The second-order valence-electron chi connectivity index (χ2n) is 5.28. The van der Waals surface area contributed by atoms with E-state index in [0.29, 0.717) is 12.2 Å². The van der Waals surface area contributed by atoms with Crippen molar-refractivity contribution in [3.05, 3.63) is 77.9 Å². The topological polar surface area (TPSA) is 42.7 Å². The summed E-state index contributed by atoms with van der Waals surface area (Å²) in [6.45, 7) is 2.49. The fourth-order valence-corrected chi connectivity index (χ4v) is 2.32. The molecule has 0 spiro atoms. The van der Waals surface area contributed by atoms with Crippen LogP contribution in [-0.2, 0) is 6.54 Å². The van der Waals surface area contributed by atoms with Gasteiger partial charge in [-0.25, -0.2) is 18.4 Å². The van der Waals surface area contributed by atoms with E-state index < -0.39 is 0 Å². The first kappa shape index (κ1) is 15.3. The van der Waals surface area contributed by atoms with Crippen molar-refractivity contribution < 1.29 is 8.78 Å². The lowest BCUT2D eigenvalue weighted by atomic mass is 10.1. The molecule has 0 aliphatic carbocycles. The Bertz CT molecular complexity index is 770. The van der Waals surface area contributed by atoms with Crippen LogP contribution in [0.15, 0.2) is 55.1 Å². The van der Waals surface area contributed by atoms with Crippen molar-refractivity contribution in [1.82, 2.24) is 20.1 Å². The van der Waals surface area contributed by atoms with E-state index in [1.165, 1.54) is 35.5 Å². The Morgan fingerprint density at radius 1 is 1.13 bits per heavy atom. The van der Waals surface area contributed by atoms with Crippen LogP contribution >= 0.6 is 0 Å². The van der Waals surface area contributed by atoms with Gasteiger partial charge >= 0.3 is 0 Å². The predicted octanol–water partition coefficient (Wildman–Crippen LogP) is 3.40. The van der Waals surface area contributed by atoms with Gasteiger partial charge in [0, 0.05) is 12.6 Å². The number of nitrogens with one attached hydrogen (secondary N) is 1. The van der Waals surface area contributed by atoms with Crippen LogP contribution in [0.3, 0.4) is 0 Å². The van der Waals surface area contributed by atoms with Crippen LogP contribution in [0.25, 0.3) is 5.69 Å². The predicted molar refractivity (Wildman–Crippen MR) is 83.0 cm³/mol. The fraction of sp³-hybridized carbons (Fsp3) is 0.176. The van der Waals surface area contributed by atoms with Crippen LogP contribution in [0.4, 0.5) is 8.78 Å². The van der Waals surface area contributed by atoms with Gasteiger partial charge in [0.1, 0.15) is 30.0 Å². The molecule has 3 aromatic rings. The zero-order valence-electron chi connectivity index (χ0n) is 12.6. The Balaban J connectivity index is 1.66. The van der Waals surface area contributed by atoms with E-state index >= 15 is 0 Å². The van der Waals surface area contributed by atoms with E-state index in [9.17, 15) is 8.78 Å². The number of benzene rings is 2. The molecule has 0 amide bonds. The van der Waals surface area contributed by atoms with Crippen molar-refractivity contribution >= 4 is 0 Å². The number of hydrogen-bond donors (Lipinski definition) is 1. The molecule has 3 rings (SSSR count). The van der Waals surface area contributed by atoms with Crippen molar-refractivity contribution in [3.8, 4) is 5.69 Å². The van der Waals surface area contributed by atoms with E-state index in [2.05, 4.69) is 15.4 Å². The molecule has 0 fully saturated rings. The van der Waals surface area contributed by atoms with Crippen molar-refractivity contribution in [2.24, 2.45) is 0 Å². The van der Waals surface area contributed by atoms with Gasteiger partial charge in [-0.05, 0) is 42.3 Å². The monoisotopic (exact) mass is 314 g/mol. The van der Waals surface area contributed by atoms with Crippen LogP contribution in [0.2, 0.25) is 0 Å². The Morgan fingerprint density at radius 2 is 1.91 bits per heavy atom. The molecule has 118 valence electrons. The van der Waals surface area contributed by atoms with Gasteiger partial charge in [0.2, 0.25) is 0 Å². The number of halogens is 2. The molecule has 4 nitrogen and oxygen atoms in total. The van der Waals surface area contributed by atoms with Gasteiger partial charge in [-0.15, -0.1) is 0 Å². The molecule has 6 heteroatoms. The van der Waals surface area contributed by atoms with Gasteiger partial charge in [-0.2, -0.15) is 5.10 Å². The third-order valence-corrected chi connectivity index (χ3v) is 3.66. The first-order chi connectivity index (χ1) is 11.1. The van der Waals surface area contributed by atoms with E-state index in [1.807, 2.05) is 13.0 Å². The second kappa shape index (κ2) is 6.66. The molecule has 1 aromatic heterocycles. The van der Waals surface area contributed by atoms with Gasteiger partial charge in [0.15, 0.2) is 0 Å². The lowest BCUT2D eigenvalue weighted by Crippen LogP contribution is -2.18. The van der Waals surface area contributed by atoms with Crippen molar-refractivity contribution in [2.75, 3.05) is 0 Å². The zero-order valence-corrected chi connectivity index (χ0v) is 12.6. The lowest BCUT2D eigenvalue weighted by molar-refractivity contribution is 0.564. The van der Waals surface area contributed by atoms with E-state index in [-0.39, 0.29) is 17.7 Å². The minimum absolute atomic E-state index is 0.0358. The van der Waals surface area contributed by atoms with Gasteiger partial charge in [0.25, 0.3) is 0 Å². The third-order valence-electron chi connectivity index (χ3n) is 3.66. The average Bonchev–Trinajstić information content (AvgIpc) is 3.07. The van der Waals surface area contributed by atoms with Crippen molar-refractivity contribution in [2.45, 2.75) is 19.5 Å². The van der Waals surface area contributed by atoms with Crippen LogP contribution in [0.1, 0.15) is 24.1 Å². The van der Waals surface area contributed by atoms with E-state index in [0.717, 1.165) is 11.1 Å². The smallest absolute Gasteiger partial charge is 0.149 e. The SMILES string of the molecule is C[C@@H](NCc1ccc(-n2cncn2)c(F)c1)c1ccc(F)cc1. The maximum absolute atomic E-state index is 14.1. The van der Waals surface area contributed by atoms with E-state index in [4.69, 9.17) is 0 Å². The molecule has 1 N–H and O–H groups in total. The van der Waals surface area contributed by atoms with Gasteiger partial charge < -0.3 is 5.32 Å². The average molecular weight is 314 g/mol. The first-order valence-corrected chi connectivity index (χ1v) is 7.26. The number of nitrogens with zero attached hydrogens (tertiary/aromatic N) is 3. The summed E-state index contributed by atoms with van der Waals surface area (Å²) in [5.41, 5.74) is 2.16. The molecule has 1 atom stereocenters. The van der Waals surface area contributed by atoms with Crippen molar-refractivity contribution in [1.29, 1.82) is 0 Å². The molecular weight excluding hydrogens is 298 g/mol. The highest BCUT2D eigenvalue weighted by Gasteiger charge is 2.08. The highest BCUT2D eigenvalue weighted by atomic mass is 19.1. The highest BCUT2D eigenvalue weighted by Crippen LogP contribution is 2.16. The van der Waals surface area contributed by atoms with Gasteiger partial charge in [-0.3, -0.25) is 0 Å². The zero-order chi connectivity index (χ0) is 16.2. The minimum Gasteiger partial charge on any atom is -0.306 e. The standard InChI is InChI=1S/C17H16F2N4/c1-12(14-3-5-15(18)6-4-14)21-9-13-2-7-17(16(19)8-13)23-11-20-10-22-23/h2-8,10-12,21H,9H2,1H3/t12-/m1/s1. The maximum Gasteiger partial charge on any atom is 0.149 e. The van der Waals surface area contributed by atoms with E-state index in [1.54, 1.807) is 18.2 Å². The molecule has 0 aliphatic heterocycles. The van der Waals surface area contributed by atoms with Crippen molar-refractivity contribution in [3.63, 3.8) is 0 Å². The number of aromatic nitrogens is 3. The molecule has 0 bridgehead atoms. The van der Waals surface area contributed by atoms with Crippen LogP contribution in [0.5, 0.6) is 0 Å². The van der Waals surface area contributed by atoms with Crippen LogP contribution in [-0.4, -0.2) is 14.8 Å². The van der Waals surface area contributed by atoms with Gasteiger partial charge in [-0.1, -0.05) is 18.2 Å². The fourth-order valence-electron chi connectivity index (χ4n) is 2.32. The van der Waals surface area contributed by atoms with Crippen LogP contribution < -0.4 is 5.32 Å².